The highest BCUT2D eigenvalue weighted by molar-refractivity contribution is 6.13. The molecule has 1 aliphatic rings. The van der Waals surface area contributed by atoms with Crippen molar-refractivity contribution in [3.63, 3.8) is 0 Å². The summed E-state index contributed by atoms with van der Waals surface area (Å²) in [7, 11) is 0. The lowest BCUT2D eigenvalue weighted by molar-refractivity contribution is -0.139. The van der Waals surface area contributed by atoms with Crippen LogP contribution in [-0.2, 0) is 52.5 Å². The van der Waals surface area contributed by atoms with Crippen LogP contribution < -0.4 is 10.6 Å². The topological polar surface area (TPSA) is 204 Å². The number of amides is 4. The van der Waals surface area contributed by atoms with E-state index < -0.39 is 17.8 Å². The second-order valence-electron chi connectivity index (χ2n) is 9.74. The van der Waals surface area contributed by atoms with Crippen molar-refractivity contribution in [3.05, 3.63) is 12.2 Å². The van der Waals surface area contributed by atoms with Crippen LogP contribution in [0, 0.1) is 0 Å². The Morgan fingerprint density at radius 1 is 0.568 bits per heavy atom. The number of hydrogen-bond donors (Lipinski definition) is 3. The summed E-state index contributed by atoms with van der Waals surface area (Å²) >= 11 is 0. The molecule has 15 nitrogen and oxygen atoms in total. The minimum absolute atomic E-state index is 0.0335. The van der Waals surface area contributed by atoms with Crippen molar-refractivity contribution in [3.8, 4) is 0 Å². The monoisotopic (exact) mass is 627 g/mol. The molecule has 248 valence electrons. The third-order valence-electron chi connectivity index (χ3n) is 6.07. The van der Waals surface area contributed by atoms with Gasteiger partial charge in [-0.15, -0.1) is 0 Å². The molecule has 15 heteroatoms. The normalized spacial score (nSPS) is 12.5. The molecule has 0 bridgehead atoms. The Balaban J connectivity index is 1.84. The van der Waals surface area contributed by atoms with Gasteiger partial charge in [0.15, 0.2) is 0 Å². The smallest absolute Gasteiger partial charge is 0.305 e. The van der Waals surface area contributed by atoms with Crippen molar-refractivity contribution in [2.45, 2.75) is 57.8 Å². The summed E-state index contributed by atoms with van der Waals surface area (Å²) in [6, 6.07) is 0. The number of carbonyl (C=O) groups excluding carboxylic acids is 6. The molecule has 0 aromatic carbocycles. The third kappa shape index (κ3) is 21.2. The van der Waals surface area contributed by atoms with E-state index in [9.17, 15) is 33.6 Å². The van der Waals surface area contributed by atoms with Gasteiger partial charge in [-0.05, 0) is 12.8 Å². The van der Waals surface area contributed by atoms with E-state index in [4.69, 9.17) is 24.1 Å². The van der Waals surface area contributed by atoms with Crippen LogP contribution in [0.3, 0.4) is 0 Å². The van der Waals surface area contributed by atoms with Gasteiger partial charge in [0.2, 0.25) is 11.8 Å². The van der Waals surface area contributed by atoms with E-state index in [1.807, 2.05) is 0 Å². The summed E-state index contributed by atoms with van der Waals surface area (Å²) in [5.41, 5.74) is 0. The van der Waals surface area contributed by atoms with Gasteiger partial charge in [0.1, 0.15) is 11.6 Å². The van der Waals surface area contributed by atoms with Gasteiger partial charge in [-0.2, -0.15) is 0 Å². The molecule has 0 radical (unpaired) electrons. The molecule has 0 aromatic rings. The minimum atomic E-state index is -0.938. The van der Waals surface area contributed by atoms with E-state index in [-0.39, 0.29) is 108 Å². The summed E-state index contributed by atoms with van der Waals surface area (Å²) in [5.74, 6) is -2.18. The molecule has 0 aromatic heterocycles. The van der Waals surface area contributed by atoms with E-state index in [1.165, 1.54) is 12.2 Å². The highest BCUT2D eigenvalue weighted by atomic mass is 16.5. The number of Topliss-reactive ketones (excluding diaryl/α,β-unsaturated/α-hetero) is 2. The van der Waals surface area contributed by atoms with Gasteiger partial charge in [-0.25, -0.2) is 0 Å². The first-order valence-corrected chi connectivity index (χ1v) is 14.8. The van der Waals surface area contributed by atoms with Crippen LogP contribution in [-0.4, -0.2) is 124 Å². The van der Waals surface area contributed by atoms with E-state index in [0.29, 0.717) is 45.6 Å². The highest BCUT2D eigenvalue weighted by Gasteiger charge is 2.23. The molecule has 1 rings (SSSR count). The van der Waals surface area contributed by atoms with Crippen molar-refractivity contribution in [1.29, 1.82) is 0 Å². The Labute approximate surface area is 257 Å². The lowest BCUT2D eigenvalue weighted by Gasteiger charge is -2.12. The molecular formula is C29H45N3O12. The Morgan fingerprint density at radius 2 is 1.00 bits per heavy atom. The Kier molecular flexibility index (Phi) is 21.8. The second-order valence-corrected chi connectivity index (χ2v) is 9.74. The van der Waals surface area contributed by atoms with E-state index in [1.54, 1.807) is 0 Å². The van der Waals surface area contributed by atoms with Crippen LogP contribution in [0.2, 0.25) is 0 Å². The quantitative estimate of drug-likeness (QED) is 0.0737. The number of hydrogen-bond acceptors (Lipinski definition) is 11. The average Bonchev–Trinajstić information content (AvgIpc) is 3.31. The van der Waals surface area contributed by atoms with Crippen LogP contribution in [0.25, 0.3) is 0 Å². The number of carbonyl (C=O) groups is 7. The SMILES string of the molecule is O=C(O)CCOCCNC(=O)CCOCCCC(=O)CCOCCNC(=O)CCOCCCC(=O)CCN1C(=O)C=CC1=O. The molecule has 3 N–H and O–H groups in total. The second kappa shape index (κ2) is 24.9. The fraction of sp³-hybridized carbons (Fsp3) is 0.690. The molecule has 0 saturated heterocycles. The molecule has 0 aliphatic carbocycles. The van der Waals surface area contributed by atoms with Gasteiger partial charge in [0.05, 0.1) is 46.1 Å². The molecule has 44 heavy (non-hydrogen) atoms. The Hall–Kier alpha value is -3.53. The van der Waals surface area contributed by atoms with Gasteiger partial charge in [-0.3, -0.25) is 38.5 Å². The molecule has 0 spiro atoms. The molecule has 0 saturated carbocycles. The van der Waals surface area contributed by atoms with Gasteiger partial charge in [0, 0.05) is 83.5 Å². The Morgan fingerprint density at radius 3 is 1.50 bits per heavy atom. The largest absolute Gasteiger partial charge is 0.481 e. The molecule has 4 amide bonds. The van der Waals surface area contributed by atoms with Gasteiger partial charge in [-0.1, -0.05) is 0 Å². The number of imide groups is 1. The zero-order valence-corrected chi connectivity index (χ0v) is 25.2. The molecular weight excluding hydrogens is 582 g/mol. The first-order valence-electron chi connectivity index (χ1n) is 14.8. The fourth-order valence-electron chi connectivity index (χ4n) is 3.67. The van der Waals surface area contributed by atoms with Crippen molar-refractivity contribution in [2.75, 3.05) is 72.5 Å². The van der Waals surface area contributed by atoms with Crippen LogP contribution in [0.15, 0.2) is 12.2 Å². The highest BCUT2D eigenvalue weighted by Crippen LogP contribution is 2.06. The maximum atomic E-state index is 11.9. The summed E-state index contributed by atoms with van der Waals surface area (Å²) in [5, 5.41) is 13.8. The summed E-state index contributed by atoms with van der Waals surface area (Å²) in [6.07, 6.45) is 4.61. The lowest BCUT2D eigenvalue weighted by Crippen LogP contribution is -2.32. The number of ether oxygens (including phenoxy) is 4. The van der Waals surface area contributed by atoms with Crippen molar-refractivity contribution in [2.24, 2.45) is 0 Å². The van der Waals surface area contributed by atoms with Gasteiger partial charge in [0.25, 0.3) is 11.8 Å². The number of rotatable bonds is 29. The fourth-order valence-corrected chi connectivity index (χ4v) is 3.67. The van der Waals surface area contributed by atoms with Crippen molar-refractivity contribution >= 4 is 41.2 Å². The van der Waals surface area contributed by atoms with Gasteiger partial charge < -0.3 is 34.7 Å². The number of carboxylic acids is 1. The number of nitrogens with zero attached hydrogens (tertiary/aromatic N) is 1. The van der Waals surface area contributed by atoms with Crippen LogP contribution >= 0.6 is 0 Å². The number of ketones is 2. The summed E-state index contributed by atoms with van der Waals surface area (Å²) < 4.78 is 21.2. The first kappa shape index (κ1) is 38.5. The Bertz CT molecular complexity index is 951. The molecule has 0 atom stereocenters. The average molecular weight is 628 g/mol. The maximum absolute atomic E-state index is 11.9. The van der Waals surface area contributed by atoms with Crippen LogP contribution in [0.4, 0.5) is 0 Å². The standard InChI is InChI=1S/C29H45N3O12/c33-23(7-14-32-27(37)5-6-28(32)38)3-1-15-41-18-9-25(35)30-12-21-43-17-8-24(34)4-2-16-42-19-10-26(36)31-13-22-44-20-11-29(39)40/h5-6H,1-4,7-22H2,(H,30,35)(H,31,36)(H,39,40). The summed E-state index contributed by atoms with van der Waals surface area (Å²) in [4.78, 5) is 81.6. The number of carboxylic acid groups (broad SMARTS) is 1. The number of nitrogens with one attached hydrogen (secondary N) is 2. The minimum Gasteiger partial charge on any atom is -0.481 e. The zero-order chi connectivity index (χ0) is 32.4. The molecule has 0 fully saturated rings. The van der Waals surface area contributed by atoms with Crippen LogP contribution in [0.5, 0.6) is 0 Å². The number of aliphatic carboxylic acids is 1. The molecule has 0 unspecified atom stereocenters. The van der Waals surface area contributed by atoms with E-state index >= 15 is 0 Å². The zero-order valence-electron chi connectivity index (χ0n) is 25.2. The predicted molar refractivity (Wildman–Crippen MR) is 154 cm³/mol. The van der Waals surface area contributed by atoms with E-state index in [0.717, 1.165) is 4.90 Å². The first-order chi connectivity index (χ1) is 21.2. The van der Waals surface area contributed by atoms with Crippen molar-refractivity contribution in [1.82, 2.24) is 15.5 Å². The van der Waals surface area contributed by atoms with Gasteiger partial charge >= 0.3 is 5.97 Å². The molecule has 1 heterocycles. The summed E-state index contributed by atoms with van der Waals surface area (Å²) in [6.45, 7) is 2.64. The maximum Gasteiger partial charge on any atom is 0.305 e. The predicted octanol–water partition coefficient (Wildman–Crippen LogP) is -0.0561. The van der Waals surface area contributed by atoms with Crippen LogP contribution in [0.1, 0.15) is 57.8 Å². The lowest BCUT2D eigenvalue weighted by atomic mass is 10.1. The van der Waals surface area contributed by atoms with Crippen molar-refractivity contribution < 1.29 is 57.6 Å². The molecule has 1 aliphatic heterocycles. The van der Waals surface area contributed by atoms with E-state index in [2.05, 4.69) is 10.6 Å². The third-order valence-corrected chi connectivity index (χ3v) is 6.07.